The molecule has 0 bridgehead atoms. The van der Waals surface area contributed by atoms with Crippen LogP contribution in [0.1, 0.15) is 38.1 Å². The van der Waals surface area contributed by atoms with Crippen LogP contribution in [0.3, 0.4) is 0 Å². The molecule has 0 aliphatic carbocycles. The van der Waals surface area contributed by atoms with E-state index < -0.39 is 0 Å². The van der Waals surface area contributed by atoms with Gasteiger partial charge in [0.15, 0.2) is 0 Å². The molecule has 0 amide bonds. The van der Waals surface area contributed by atoms with E-state index in [2.05, 4.69) is 65.6 Å². The lowest BCUT2D eigenvalue weighted by atomic mass is 10.1. The van der Waals surface area contributed by atoms with Crippen molar-refractivity contribution >= 4 is 17.3 Å². The zero-order valence-corrected chi connectivity index (χ0v) is 12.6. The molecule has 0 atom stereocenters. The summed E-state index contributed by atoms with van der Waals surface area (Å²) in [6.07, 6.45) is 1.03. The molecular weight excluding hydrogens is 248 g/mol. The summed E-state index contributed by atoms with van der Waals surface area (Å²) in [7, 11) is 1.87. The van der Waals surface area contributed by atoms with Crippen molar-refractivity contribution in [3.05, 3.63) is 41.7 Å². The highest BCUT2D eigenvalue weighted by Gasteiger charge is 2.07. The van der Waals surface area contributed by atoms with Crippen molar-refractivity contribution < 1.29 is 0 Å². The number of nitrogens with one attached hydrogen (secondary N) is 2. The molecule has 1 heterocycles. The van der Waals surface area contributed by atoms with Gasteiger partial charge in [0.2, 0.25) is 0 Å². The van der Waals surface area contributed by atoms with Crippen molar-refractivity contribution in [2.24, 2.45) is 0 Å². The predicted octanol–water partition coefficient (Wildman–Crippen LogP) is 3.95. The third kappa shape index (κ3) is 3.47. The van der Waals surface area contributed by atoms with Crippen molar-refractivity contribution in [2.45, 2.75) is 33.1 Å². The summed E-state index contributed by atoms with van der Waals surface area (Å²) in [6.45, 7) is 6.34. The molecule has 106 valence electrons. The fourth-order valence-electron chi connectivity index (χ4n) is 1.93. The topological polar surface area (TPSA) is 49.8 Å². The Balaban J connectivity index is 2.29. The summed E-state index contributed by atoms with van der Waals surface area (Å²) >= 11 is 0. The summed E-state index contributed by atoms with van der Waals surface area (Å²) in [5.41, 5.74) is 2.36. The Kier molecular flexibility index (Phi) is 4.56. The SMILES string of the molecule is CCc1cccc(Nc2cc(NC)nc(C(C)C)n2)c1. The Morgan fingerprint density at radius 3 is 2.50 bits per heavy atom. The van der Waals surface area contributed by atoms with Crippen molar-refractivity contribution in [3.8, 4) is 0 Å². The largest absolute Gasteiger partial charge is 0.373 e. The molecule has 0 aliphatic heterocycles. The van der Waals surface area contributed by atoms with E-state index in [9.17, 15) is 0 Å². The average molecular weight is 270 g/mol. The lowest BCUT2D eigenvalue weighted by molar-refractivity contribution is 0.778. The van der Waals surface area contributed by atoms with Gasteiger partial charge in [0, 0.05) is 24.7 Å². The first kappa shape index (κ1) is 14.3. The van der Waals surface area contributed by atoms with Gasteiger partial charge < -0.3 is 10.6 Å². The van der Waals surface area contributed by atoms with Crippen LogP contribution >= 0.6 is 0 Å². The second-order valence-corrected chi connectivity index (χ2v) is 5.08. The molecule has 0 aliphatic rings. The Morgan fingerprint density at radius 2 is 1.85 bits per heavy atom. The average Bonchev–Trinajstić information content (AvgIpc) is 2.47. The van der Waals surface area contributed by atoms with Gasteiger partial charge in [-0.1, -0.05) is 32.9 Å². The second kappa shape index (κ2) is 6.37. The Bertz CT molecular complexity index is 578. The van der Waals surface area contributed by atoms with Gasteiger partial charge in [-0.3, -0.25) is 0 Å². The van der Waals surface area contributed by atoms with Gasteiger partial charge >= 0.3 is 0 Å². The summed E-state index contributed by atoms with van der Waals surface area (Å²) in [4.78, 5) is 9.03. The monoisotopic (exact) mass is 270 g/mol. The molecule has 0 spiro atoms. The van der Waals surface area contributed by atoms with Gasteiger partial charge in [0.25, 0.3) is 0 Å². The van der Waals surface area contributed by atoms with Crippen LogP contribution in [-0.2, 0) is 6.42 Å². The van der Waals surface area contributed by atoms with Crippen LogP contribution < -0.4 is 10.6 Å². The van der Waals surface area contributed by atoms with E-state index in [-0.39, 0.29) is 0 Å². The molecule has 0 saturated heterocycles. The number of benzene rings is 1. The second-order valence-electron chi connectivity index (χ2n) is 5.08. The molecular formula is C16H22N4. The van der Waals surface area contributed by atoms with Crippen LogP contribution in [0.25, 0.3) is 0 Å². The smallest absolute Gasteiger partial charge is 0.136 e. The van der Waals surface area contributed by atoms with Gasteiger partial charge in [0.05, 0.1) is 0 Å². The van der Waals surface area contributed by atoms with Crippen molar-refractivity contribution in [1.29, 1.82) is 0 Å². The molecule has 2 N–H and O–H groups in total. The molecule has 2 aromatic rings. The third-order valence-electron chi connectivity index (χ3n) is 3.12. The predicted molar refractivity (Wildman–Crippen MR) is 84.8 cm³/mol. The van der Waals surface area contributed by atoms with Crippen LogP contribution in [0.2, 0.25) is 0 Å². The minimum atomic E-state index is 0.297. The van der Waals surface area contributed by atoms with E-state index in [0.717, 1.165) is 29.6 Å². The summed E-state index contributed by atoms with van der Waals surface area (Å²) in [5, 5.41) is 6.44. The molecule has 0 unspecified atom stereocenters. The highest BCUT2D eigenvalue weighted by atomic mass is 15.1. The molecule has 4 heteroatoms. The molecule has 20 heavy (non-hydrogen) atoms. The summed E-state index contributed by atoms with van der Waals surface area (Å²) in [6, 6.07) is 10.3. The Morgan fingerprint density at radius 1 is 1.10 bits per heavy atom. The van der Waals surface area contributed by atoms with Gasteiger partial charge in [-0.25, -0.2) is 9.97 Å². The van der Waals surface area contributed by atoms with E-state index in [0.29, 0.717) is 5.92 Å². The first-order valence-electron chi connectivity index (χ1n) is 7.05. The van der Waals surface area contributed by atoms with Crippen LogP contribution in [-0.4, -0.2) is 17.0 Å². The molecule has 0 saturated carbocycles. The number of rotatable bonds is 5. The first-order chi connectivity index (χ1) is 9.62. The number of hydrogen-bond donors (Lipinski definition) is 2. The number of aromatic nitrogens is 2. The molecule has 2 rings (SSSR count). The van der Waals surface area contributed by atoms with Crippen molar-refractivity contribution in [2.75, 3.05) is 17.7 Å². The first-order valence-corrected chi connectivity index (χ1v) is 7.05. The van der Waals surface area contributed by atoms with Crippen molar-refractivity contribution in [1.82, 2.24) is 9.97 Å². The fourth-order valence-corrected chi connectivity index (χ4v) is 1.93. The quantitative estimate of drug-likeness (QED) is 0.863. The molecule has 1 aromatic carbocycles. The normalized spacial score (nSPS) is 10.7. The van der Waals surface area contributed by atoms with Crippen LogP contribution in [0, 0.1) is 0 Å². The highest BCUT2D eigenvalue weighted by Crippen LogP contribution is 2.21. The zero-order valence-electron chi connectivity index (χ0n) is 12.6. The summed E-state index contributed by atoms with van der Waals surface area (Å²) in [5.74, 6) is 2.79. The zero-order chi connectivity index (χ0) is 14.5. The number of nitrogens with zero attached hydrogens (tertiary/aromatic N) is 2. The number of hydrogen-bond acceptors (Lipinski definition) is 4. The number of aryl methyl sites for hydroxylation is 1. The fraction of sp³-hybridized carbons (Fsp3) is 0.375. The maximum absolute atomic E-state index is 4.57. The number of anilines is 3. The maximum atomic E-state index is 4.57. The van der Waals surface area contributed by atoms with E-state index in [4.69, 9.17) is 0 Å². The van der Waals surface area contributed by atoms with Crippen LogP contribution in [0.5, 0.6) is 0 Å². The van der Waals surface area contributed by atoms with Gasteiger partial charge in [0.1, 0.15) is 17.5 Å². The van der Waals surface area contributed by atoms with Gasteiger partial charge in [-0.05, 0) is 24.1 Å². The van der Waals surface area contributed by atoms with Crippen LogP contribution in [0.15, 0.2) is 30.3 Å². The minimum Gasteiger partial charge on any atom is -0.373 e. The van der Waals surface area contributed by atoms with E-state index >= 15 is 0 Å². The molecule has 4 nitrogen and oxygen atoms in total. The van der Waals surface area contributed by atoms with Crippen molar-refractivity contribution in [3.63, 3.8) is 0 Å². The summed E-state index contributed by atoms with van der Waals surface area (Å²) < 4.78 is 0. The standard InChI is InChI=1S/C16H22N4/c1-5-12-7-6-8-13(9-12)18-15-10-14(17-4)19-16(20-15)11(2)3/h6-11H,5H2,1-4H3,(H2,17,18,19,20). The lowest BCUT2D eigenvalue weighted by Crippen LogP contribution is -2.05. The lowest BCUT2D eigenvalue weighted by Gasteiger charge is -2.12. The Labute approximate surface area is 120 Å². The molecule has 1 aromatic heterocycles. The van der Waals surface area contributed by atoms with Crippen LogP contribution in [0.4, 0.5) is 17.3 Å². The molecule has 0 fully saturated rings. The highest BCUT2D eigenvalue weighted by molar-refractivity contribution is 5.60. The third-order valence-corrected chi connectivity index (χ3v) is 3.12. The Hall–Kier alpha value is -2.10. The van der Waals surface area contributed by atoms with E-state index in [1.54, 1.807) is 0 Å². The minimum absolute atomic E-state index is 0.297. The van der Waals surface area contributed by atoms with E-state index in [1.165, 1.54) is 5.56 Å². The van der Waals surface area contributed by atoms with Gasteiger partial charge in [-0.15, -0.1) is 0 Å². The molecule has 0 radical (unpaired) electrons. The van der Waals surface area contributed by atoms with E-state index in [1.807, 2.05) is 13.1 Å². The maximum Gasteiger partial charge on any atom is 0.136 e. The van der Waals surface area contributed by atoms with Gasteiger partial charge in [-0.2, -0.15) is 0 Å².